The molecule has 0 amide bonds. The van der Waals surface area contributed by atoms with E-state index in [1.54, 1.807) is 12.1 Å². The van der Waals surface area contributed by atoms with Gasteiger partial charge in [-0.2, -0.15) is 0 Å². The number of aliphatic hydroxyl groups is 1. The first kappa shape index (κ1) is 13.4. The number of carboxylic acids is 1. The predicted molar refractivity (Wildman–Crippen MR) is 42.8 cm³/mol. The van der Waals surface area contributed by atoms with E-state index in [0.717, 1.165) is 0 Å². The number of aliphatic hydroxyl groups excluding tert-OH is 1. The van der Waals surface area contributed by atoms with Crippen molar-refractivity contribution in [2.75, 3.05) is 0 Å². The van der Waals surface area contributed by atoms with Gasteiger partial charge in [0.25, 0.3) is 0 Å². The number of phenolic OH excluding ortho intramolecular Hbond substituents is 1. The van der Waals surface area contributed by atoms with Gasteiger partial charge in [0, 0.05) is 6.42 Å². The molecule has 5 heteroatoms. The fraction of sp³-hybridized carbons (Fsp3) is 0.222. The number of carbonyl (C=O) groups excluding carboxylic acids is 1. The number of carboxylic acid groups (broad SMARTS) is 1. The van der Waals surface area contributed by atoms with E-state index in [1.807, 2.05) is 0 Å². The van der Waals surface area contributed by atoms with Crippen molar-refractivity contribution in [1.82, 2.24) is 0 Å². The Morgan fingerprint density at radius 1 is 1.36 bits per heavy atom. The van der Waals surface area contributed by atoms with Crippen molar-refractivity contribution in [1.29, 1.82) is 0 Å². The minimum atomic E-state index is -1.50. The summed E-state index contributed by atoms with van der Waals surface area (Å²) < 4.78 is 0. The Bertz CT molecular complexity index is 296. The monoisotopic (exact) mass is 204 g/mol. The molecule has 1 aromatic carbocycles. The van der Waals surface area contributed by atoms with Crippen LogP contribution in [0.5, 0.6) is 5.75 Å². The smallest absolute Gasteiger partial charge is 0.547 e. The van der Waals surface area contributed by atoms with Crippen LogP contribution in [-0.2, 0) is 11.2 Å². The van der Waals surface area contributed by atoms with Crippen LogP contribution in [-0.4, -0.2) is 22.3 Å². The van der Waals surface area contributed by atoms with Gasteiger partial charge in [-0.25, -0.2) is 0 Å². The molecule has 0 spiro atoms. The van der Waals surface area contributed by atoms with Crippen molar-refractivity contribution < 1.29 is 49.7 Å². The van der Waals surface area contributed by atoms with Gasteiger partial charge >= 0.3 is 29.6 Å². The second-order valence-electron chi connectivity index (χ2n) is 2.71. The van der Waals surface area contributed by atoms with Crippen LogP contribution in [0.3, 0.4) is 0 Å². The molecule has 0 unspecified atom stereocenters. The van der Waals surface area contributed by atoms with Crippen LogP contribution < -0.4 is 34.7 Å². The predicted octanol–water partition coefficient (Wildman–Crippen LogP) is -3.95. The number of aromatic hydroxyl groups is 1. The largest absolute Gasteiger partial charge is 1.00 e. The van der Waals surface area contributed by atoms with E-state index in [9.17, 15) is 9.90 Å². The number of hydrogen-bond acceptors (Lipinski definition) is 4. The van der Waals surface area contributed by atoms with Gasteiger partial charge < -0.3 is 20.1 Å². The van der Waals surface area contributed by atoms with Crippen LogP contribution in [0, 0.1) is 0 Å². The van der Waals surface area contributed by atoms with E-state index in [4.69, 9.17) is 10.2 Å². The van der Waals surface area contributed by atoms with Gasteiger partial charge in [-0.1, -0.05) is 12.1 Å². The van der Waals surface area contributed by atoms with E-state index in [0.29, 0.717) is 5.56 Å². The molecule has 1 aromatic rings. The maximum atomic E-state index is 10.2. The third-order valence-electron chi connectivity index (χ3n) is 1.64. The zero-order valence-corrected chi connectivity index (χ0v) is 9.80. The first-order valence-corrected chi connectivity index (χ1v) is 3.76. The van der Waals surface area contributed by atoms with Gasteiger partial charge in [-0.15, -0.1) is 0 Å². The summed E-state index contributed by atoms with van der Waals surface area (Å²) in [4.78, 5) is 10.2. The molecule has 14 heavy (non-hydrogen) atoms. The van der Waals surface area contributed by atoms with Crippen molar-refractivity contribution in [3.63, 3.8) is 0 Å². The molecule has 0 bridgehead atoms. The van der Waals surface area contributed by atoms with Crippen molar-refractivity contribution in [2.45, 2.75) is 12.5 Å². The zero-order valence-electron chi connectivity index (χ0n) is 7.80. The molecule has 70 valence electrons. The third kappa shape index (κ3) is 4.11. The molecular formula is C9H9NaO4. The van der Waals surface area contributed by atoms with E-state index >= 15 is 0 Å². The third-order valence-corrected chi connectivity index (χ3v) is 1.64. The maximum Gasteiger partial charge on any atom is 1.00 e. The molecule has 4 nitrogen and oxygen atoms in total. The van der Waals surface area contributed by atoms with Gasteiger partial charge in [0.15, 0.2) is 0 Å². The van der Waals surface area contributed by atoms with Crippen LogP contribution >= 0.6 is 0 Å². The van der Waals surface area contributed by atoms with Gasteiger partial charge in [0.1, 0.15) is 5.75 Å². The van der Waals surface area contributed by atoms with Crippen molar-refractivity contribution in [2.24, 2.45) is 0 Å². The van der Waals surface area contributed by atoms with Crippen LogP contribution in [0.15, 0.2) is 24.3 Å². The van der Waals surface area contributed by atoms with Crippen LogP contribution in [0.1, 0.15) is 5.56 Å². The van der Waals surface area contributed by atoms with Gasteiger partial charge in [0.05, 0.1) is 12.1 Å². The molecule has 0 aliphatic rings. The SMILES string of the molecule is O=C([O-])[C@H](O)Cc1ccc(O)cc1.[Na+]. The molecule has 0 saturated heterocycles. The zero-order chi connectivity index (χ0) is 9.84. The molecule has 0 aliphatic heterocycles. The summed E-state index contributed by atoms with van der Waals surface area (Å²) in [6, 6.07) is 5.94. The molecule has 0 aliphatic carbocycles. The number of aliphatic carboxylic acids is 1. The van der Waals surface area contributed by atoms with E-state index in [-0.39, 0.29) is 41.7 Å². The number of carbonyl (C=O) groups is 1. The fourth-order valence-corrected chi connectivity index (χ4v) is 0.939. The van der Waals surface area contributed by atoms with E-state index in [2.05, 4.69) is 0 Å². The Morgan fingerprint density at radius 3 is 2.29 bits per heavy atom. The van der Waals surface area contributed by atoms with Crippen molar-refractivity contribution >= 4 is 5.97 Å². The second kappa shape index (κ2) is 6.03. The van der Waals surface area contributed by atoms with Gasteiger partial charge in [-0.05, 0) is 17.7 Å². The molecule has 1 atom stereocenters. The topological polar surface area (TPSA) is 80.6 Å². The summed E-state index contributed by atoms with van der Waals surface area (Å²) in [7, 11) is 0. The van der Waals surface area contributed by atoms with E-state index in [1.165, 1.54) is 12.1 Å². The Balaban J connectivity index is 0.00000169. The van der Waals surface area contributed by atoms with Gasteiger partial charge in [-0.3, -0.25) is 0 Å². The number of rotatable bonds is 3. The number of benzene rings is 1. The summed E-state index contributed by atoms with van der Waals surface area (Å²) in [5, 5.41) is 28.0. The summed E-state index contributed by atoms with van der Waals surface area (Å²) in [6.07, 6.45) is -1.51. The first-order valence-electron chi connectivity index (χ1n) is 3.76. The van der Waals surface area contributed by atoms with E-state index < -0.39 is 12.1 Å². The Labute approximate surface area is 103 Å². The quantitative estimate of drug-likeness (QED) is 0.492. The summed E-state index contributed by atoms with van der Waals surface area (Å²) >= 11 is 0. The van der Waals surface area contributed by atoms with Crippen molar-refractivity contribution in [3.8, 4) is 5.75 Å². The molecule has 2 N–H and O–H groups in total. The molecule has 0 radical (unpaired) electrons. The van der Waals surface area contributed by atoms with Crippen LogP contribution in [0.2, 0.25) is 0 Å². The second-order valence-corrected chi connectivity index (χ2v) is 2.71. The molecule has 1 rings (SSSR count). The molecule has 0 heterocycles. The average molecular weight is 204 g/mol. The van der Waals surface area contributed by atoms with Crippen molar-refractivity contribution in [3.05, 3.63) is 29.8 Å². The Morgan fingerprint density at radius 2 is 1.86 bits per heavy atom. The summed E-state index contributed by atoms with van der Waals surface area (Å²) in [6.45, 7) is 0. The first-order chi connectivity index (χ1) is 6.09. The van der Waals surface area contributed by atoms with Crippen LogP contribution in [0.25, 0.3) is 0 Å². The minimum Gasteiger partial charge on any atom is -0.547 e. The molecule has 0 fully saturated rings. The van der Waals surface area contributed by atoms with Gasteiger partial charge in [0.2, 0.25) is 0 Å². The molecule has 0 aromatic heterocycles. The minimum absolute atomic E-state index is 0. The Kier molecular flexibility index (Phi) is 5.79. The molecule has 0 saturated carbocycles. The van der Waals surface area contributed by atoms with Crippen LogP contribution in [0.4, 0.5) is 0 Å². The summed E-state index contributed by atoms with van der Waals surface area (Å²) in [5.41, 5.74) is 0.634. The average Bonchev–Trinajstić information content (AvgIpc) is 2.08. The standard InChI is InChI=1S/C9H10O4.Na/c10-7-3-1-6(2-4-7)5-8(11)9(12)13;/h1-4,8,10-11H,5H2,(H,12,13);/q;+1/p-1/t8-;/m1./s1. The Hall–Kier alpha value is -0.550. The maximum absolute atomic E-state index is 10.2. The molecular weight excluding hydrogens is 195 g/mol. The fourth-order valence-electron chi connectivity index (χ4n) is 0.939. The summed E-state index contributed by atoms with van der Waals surface area (Å²) in [5.74, 6) is -1.39. The normalized spacial score (nSPS) is 11.5. The number of phenols is 1. The number of hydrogen-bond donors (Lipinski definition) is 2.